The Labute approximate surface area is 190 Å². The number of thioether (sulfide) groups is 1. The molecule has 1 aromatic heterocycles. The molecule has 2 heterocycles. The lowest BCUT2D eigenvalue weighted by Crippen LogP contribution is -2.37. The van der Waals surface area contributed by atoms with Crippen LogP contribution in [0.4, 0.5) is 0 Å². The Morgan fingerprint density at radius 1 is 1.16 bits per heavy atom. The van der Waals surface area contributed by atoms with Gasteiger partial charge in [0.15, 0.2) is 16.7 Å². The Morgan fingerprint density at radius 2 is 1.90 bits per heavy atom. The molecule has 0 bridgehead atoms. The van der Waals surface area contributed by atoms with Crippen molar-refractivity contribution in [2.45, 2.75) is 25.0 Å². The first-order valence-electron chi connectivity index (χ1n) is 9.81. The van der Waals surface area contributed by atoms with E-state index in [1.807, 2.05) is 46.7 Å². The topological polar surface area (TPSA) is 69.5 Å². The summed E-state index contributed by atoms with van der Waals surface area (Å²) in [6.07, 6.45) is 2.41. The number of amides is 1. The maximum atomic E-state index is 12.9. The number of fused-ring (bicyclic) bond motifs is 1. The smallest absolute Gasteiger partial charge is 0.233 e. The van der Waals surface area contributed by atoms with E-state index in [1.165, 1.54) is 17.3 Å². The van der Waals surface area contributed by atoms with Gasteiger partial charge in [-0.1, -0.05) is 29.4 Å². The third-order valence-electron chi connectivity index (χ3n) is 5.35. The number of carbonyl (C=O) groups is 1. The van der Waals surface area contributed by atoms with Crippen LogP contribution in [0, 0.1) is 6.92 Å². The number of ether oxygens (including phenoxy) is 2. The number of aromatic nitrogens is 3. The zero-order valence-electron chi connectivity index (χ0n) is 17.6. The molecule has 9 heteroatoms. The van der Waals surface area contributed by atoms with Gasteiger partial charge in [-0.25, -0.2) is 0 Å². The van der Waals surface area contributed by atoms with E-state index in [0.29, 0.717) is 34.8 Å². The highest BCUT2D eigenvalue weighted by atomic mass is 35.5. The fourth-order valence-electron chi connectivity index (χ4n) is 3.55. The Bertz CT molecular complexity index is 1120. The van der Waals surface area contributed by atoms with Gasteiger partial charge in [-0.15, -0.1) is 10.2 Å². The van der Waals surface area contributed by atoms with Crippen molar-refractivity contribution in [2.75, 3.05) is 26.5 Å². The van der Waals surface area contributed by atoms with Crippen molar-refractivity contribution >= 4 is 29.3 Å². The Kier molecular flexibility index (Phi) is 6.38. The minimum atomic E-state index is 0.0573. The second kappa shape index (κ2) is 9.20. The van der Waals surface area contributed by atoms with Crippen molar-refractivity contribution in [3.63, 3.8) is 0 Å². The lowest BCUT2D eigenvalue weighted by Gasteiger charge is -2.29. The van der Waals surface area contributed by atoms with Gasteiger partial charge >= 0.3 is 0 Å². The van der Waals surface area contributed by atoms with Crippen molar-refractivity contribution < 1.29 is 14.3 Å². The molecule has 162 valence electrons. The Balaban J connectivity index is 1.44. The van der Waals surface area contributed by atoms with Crippen LogP contribution in [-0.2, 0) is 17.8 Å². The summed E-state index contributed by atoms with van der Waals surface area (Å²) in [5.41, 5.74) is 4.14. The maximum absolute atomic E-state index is 12.9. The molecule has 0 spiro atoms. The number of halogens is 1. The van der Waals surface area contributed by atoms with Gasteiger partial charge in [-0.2, -0.15) is 0 Å². The summed E-state index contributed by atoms with van der Waals surface area (Å²) < 4.78 is 12.6. The number of benzene rings is 2. The molecule has 1 aliphatic rings. The molecule has 31 heavy (non-hydrogen) atoms. The van der Waals surface area contributed by atoms with Gasteiger partial charge in [-0.3, -0.25) is 9.36 Å². The standard InChI is InChI=1S/C22H23ClN4O3S/c1-14-4-5-17(10-18(14)23)27-13-24-25-22(27)31-12-21(28)26-7-6-15-8-19(29-2)20(30-3)9-16(15)11-26/h4-5,8-10,13H,6-7,11-12H2,1-3H3. The van der Waals surface area contributed by atoms with E-state index in [1.54, 1.807) is 20.5 Å². The zero-order valence-corrected chi connectivity index (χ0v) is 19.2. The van der Waals surface area contributed by atoms with Gasteiger partial charge in [0.1, 0.15) is 6.33 Å². The zero-order chi connectivity index (χ0) is 22.0. The number of hydrogen-bond donors (Lipinski definition) is 0. The minimum absolute atomic E-state index is 0.0573. The molecule has 0 saturated heterocycles. The number of aryl methyl sites for hydroxylation is 1. The summed E-state index contributed by atoms with van der Waals surface area (Å²) in [6, 6.07) is 9.74. The molecule has 0 saturated carbocycles. The van der Waals surface area contributed by atoms with Crippen molar-refractivity contribution in [1.29, 1.82) is 0 Å². The van der Waals surface area contributed by atoms with Crippen molar-refractivity contribution in [1.82, 2.24) is 19.7 Å². The minimum Gasteiger partial charge on any atom is -0.493 e. The van der Waals surface area contributed by atoms with E-state index in [-0.39, 0.29) is 11.7 Å². The molecule has 1 amide bonds. The van der Waals surface area contributed by atoms with Crippen LogP contribution in [0.1, 0.15) is 16.7 Å². The molecule has 0 unspecified atom stereocenters. The molecular formula is C22H23ClN4O3S. The van der Waals surface area contributed by atoms with E-state index in [9.17, 15) is 4.79 Å². The van der Waals surface area contributed by atoms with Crippen molar-refractivity contribution in [3.8, 4) is 17.2 Å². The van der Waals surface area contributed by atoms with Crippen molar-refractivity contribution in [2.24, 2.45) is 0 Å². The molecule has 0 aliphatic carbocycles. The number of methoxy groups -OCH3 is 2. The average molecular weight is 459 g/mol. The lowest BCUT2D eigenvalue weighted by atomic mass is 9.99. The van der Waals surface area contributed by atoms with Gasteiger partial charge in [-0.05, 0) is 54.3 Å². The van der Waals surface area contributed by atoms with Crippen LogP contribution < -0.4 is 9.47 Å². The molecular weight excluding hydrogens is 436 g/mol. The number of hydrogen-bond acceptors (Lipinski definition) is 6. The fourth-order valence-corrected chi connectivity index (χ4v) is 4.55. The highest BCUT2D eigenvalue weighted by Gasteiger charge is 2.23. The third-order valence-corrected chi connectivity index (χ3v) is 6.68. The SMILES string of the molecule is COc1cc2c(cc1OC)CN(C(=O)CSc1nncn1-c1ccc(C)c(Cl)c1)CC2. The van der Waals surface area contributed by atoms with Gasteiger partial charge < -0.3 is 14.4 Å². The van der Waals surface area contributed by atoms with E-state index in [2.05, 4.69) is 10.2 Å². The third kappa shape index (κ3) is 4.50. The van der Waals surface area contributed by atoms with Gasteiger partial charge in [0.2, 0.25) is 5.91 Å². The van der Waals surface area contributed by atoms with Crippen LogP contribution in [0.5, 0.6) is 11.5 Å². The molecule has 4 rings (SSSR count). The summed E-state index contributed by atoms with van der Waals surface area (Å²) in [5.74, 6) is 1.73. The molecule has 0 N–H and O–H groups in total. The number of rotatable bonds is 6. The lowest BCUT2D eigenvalue weighted by molar-refractivity contribution is -0.129. The van der Waals surface area contributed by atoms with Crippen LogP contribution >= 0.6 is 23.4 Å². The summed E-state index contributed by atoms with van der Waals surface area (Å²) >= 11 is 7.62. The summed E-state index contributed by atoms with van der Waals surface area (Å²) in [4.78, 5) is 14.8. The monoisotopic (exact) mass is 458 g/mol. The first-order valence-corrected chi connectivity index (χ1v) is 11.2. The second-order valence-corrected chi connectivity index (χ2v) is 8.60. The van der Waals surface area contributed by atoms with Crippen LogP contribution in [-0.4, -0.2) is 52.1 Å². The molecule has 3 aromatic rings. The summed E-state index contributed by atoms with van der Waals surface area (Å²) in [6.45, 7) is 3.17. The largest absolute Gasteiger partial charge is 0.493 e. The Morgan fingerprint density at radius 3 is 2.61 bits per heavy atom. The van der Waals surface area contributed by atoms with Crippen LogP contribution in [0.25, 0.3) is 5.69 Å². The fraction of sp³-hybridized carbons (Fsp3) is 0.318. The van der Waals surface area contributed by atoms with Crippen LogP contribution in [0.3, 0.4) is 0 Å². The number of nitrogens with zero attached hydrogens (tertiary/aromatic N) is 4. The quantitative estimate of drug-likeness (QED) is 0.521. The Hall–Kier alpha value is -2.71. The van der Waals surface area contributed by atoms with E-state index >= 15 is 0 Å². The first kappa shape index (κ1) is 21.5. The highest BCUT2D eigenvalue weighted by Crippen LogP contribution is 2.33. The van der Waals surface area contributed by atoms with Gasteiger partial charge in [0, 0.05) is 18.1 Å². The number of carbonyl (C=O) groups excluding carboxylic acids is 1. The summed E-state index contributed by atoms with van der Waals surface area (Å²) in [5, 5.41) is 9.50. The second-order valence-electron chi connectivity index (χ2n) is 7.25. The van der Waals surface area contributed by atoms with Crippen LogP contribution in [0.2, 0.25) is 5.02 Å². The average Bonchev–Trinajstić information content (AvgIpc) is 3.26. The predicted molar refractivity (Wildman–Crippen MR) is 120 cm³/mol. The van der Waals surface area contributed by atoms with E-state index in [4.69, 9.17) is 21.1 Å². The van der Waals surface area contributed by atoms with Gasteiger partial charge in [0.05, 0.1) is 25.7 Å². The highest BCUT2D eigenvalue weighted by molar-refractivity contribution is 7.99. The molecule has 0 radical (unpaired) electrons. The molecule has 1 aliphatic heterocycles. The van der Waals surface area contributed by atoms with Gasteiger partial charge in [0.25, 0.3) is 0 Å². The maximum Gasteiger partial charge on any atom is 0.233 e. The first-order chi connectivity index (χ1) is 15.0. The van der Waals surface area contributed by atoms with E-state index < -0.39 is 0 Å². The van der Waals surface area contributed by atoms with Crippen molar-refractivity contribution in [3.05, 3.63) is 58.4 Å². The molecule has 7 nitrogen and oxygen atoms in total. The normalized spacial score (nSPS) is 13.1. The van der Waals surface area contributed by atoms with E-state index in [0.717, 1.165) is 23.2 Å². The molecule has 2 aromatic carbocycles. The summed E-state index contributed by atoms with van der Waals surface area (Å²) in [7, 11) is 3.24. The van der Waals surface area contributed by atoms with Crippen LogP contribution in [0.15, 0.2) is 41.8 Å². The predicted octanol–water partition coefficient (Wildman–Crippen LogP) is 3.92. The molecule has 0 fully saturated rings. The molecule has 0 atom stereocenters.